The van der Waals surface area contributed by atoms with Crippen LogP contribution in [0.2, 0.25) is 0 Å². The minimum Gasteiger partial charge on any atom is -0.493 e. The van der Waals surface area contributed by atoms with Crippen LogP contribution in [0.25, 0.3) is 6.08 Å². The van der Waals surface area contributed by atoms with E-state index in [1.807, 2.05) is 0 Å². The molecule has 0 aliphatic heterocycles. The Morgan fingerprint density at radius 2 is 1.78 bits per heavy atom. The molecule has 0 amide bonds. The zero-order valence-corrected chi connectivity index (χ0v) is 16.6. The molecule has 0 aliphatic rings. The van der Waals surface area contributed by atoms with Crippen LogP contribution in [0, 0.1) is 0 Å². The maximum absolute atomic E-state index is 12.7. The summed E-state index contributed by atoms with van der Waals surface area (Å²) in [4.78, 5) is 23.0. The summed E-state index contributed by atoms with van der Waals surface area (Å²) in [5, 5.41) is 8.41. The highest BCUT2D eigenvalue weighted by Gasteiger charge is 2.35. The van der Waals surface area contributed by atoms with Crippen molar-refractivity contribution in [2.45, 2.75) is 20.0 Å². The smallest absolute Gasteiger partial charge is 0.368 e. The van der Waals surface area contributed by atoms with Crippen molar-refractivity contribution in [2.75, 3.05) is 27.9 Å². The van der Waals surface area contributed by atoms with Crippen LogP contribution in [0.1, 0.15) is 19.4 Å². The number of carboxylic acid groups (broad SMARTS) is 1. The lowest BCUT2D eigenvalue weighted by Crippen LogP contribution is -2.15. The van der Waals surface area contributed by atoms with Gasteiger partial charge in [0.1, 0.15) is 5.31 Å². The van der Waals surface area contributed by atoms with E-state index in [1.165, 1.54) is 31.4 Å². The Morgan fingerprint density at radius 3 is 2.26 bits per heavy atom. The quantitative estimate of drug-likeness (QED) is 0.358. The number of hydrogen-bond donors (Lipinski definition) is 1. The number of benzene rings is 1. The number of hydrogen-bond acceptors (Lipinski definition) is 8. The van der Waals surface area contributed by atoms with Crippen molar-refractivity contribution in [3.05, 3.63) is 29.1 Å². The third kappa shape index (κ3) is 6.39. The highest BCUT2D eigenvalue weighted by atomic mass is 31.2. The van der Waals surface area contributed by atoms with Gasteiger partial charge in [0, 0.05) is 14.2 Å². The van der Waals surface area contributed by atoms with Crippen LogP contribution >= 0.6 is 7.60 Å². The maximum Gasteiger partial charge on any atom is 0.368 e. The predicted octanol–water partition coefficient (Wildman–Crippen LogP) is 2.94. The molecule has 0 saturated heterocycles. The van der Waals surface area contributed by atoms with Gasteiger partial charge in [-0.2, -0.15) is 0 Å². The van der Waals surface area contributed by atoms with Crippen LogP contribution in [0.3, 0.4) is 0 Å². The van der Waals surface area contributed by atoms with Crippen molar-refractivity contribution in [1.82, 2.24) is 0 Å². The van der Waals surface area contributed by atoms with Crippen molar-refractivity contribution < 1.29 is 42.5 Å². The Morgan fingerprint density at radius 1 is 1.15 bits per heavy atom. The molecule has 0 fully saturated rings. The maximum atomic E-state index is 12.7. The van der Waals surface area contributed by atoms with Crippen molar-refractivity contribution in [3.8, 4) is 11.5 Å². The molecule has 150 valence electrons. The van der Waals surface area contributed by atoms with Crippen molar-refractivity contribution >= 4 is 25.6 Å². The van der Waals surface area contributed by atoms with Gasteiger partial charge in [0.05, 0.1) is 13.2 Å². The first-order chi connectivity index (χ1) is 12.7. The summed E-state index contributed by atoms with van der Waals surface area (Å²) in [5.41, 5.74) is 0.416. The fourth-order valence-electron chi connectivity index (χ4n) is 1.99. The topological polar surface area (TPSA) is 118 Å². The Hall–Kier alpha value is -2.35. The van der Waals surface area contributed by atoms with Gasteiger partial charge in [-0.25, -0.2) is 9.59 Å². The Kier molecular flexibility index (Phi) is 8.49. The van der Waals surface area contributed by atoms with Crippen LogP contribution in [-0.2, 0) is 27.9 Å². The van der Waals surface area contributed by atoms with E-state index < -0.39 is 32.2 Å². The molecule has 1 aromatic carbocycles. The van der Waals surface area contributed by atoms with Crippen molar-refractivity contribution in [1.29, 1.82) is 0 Å². The van der Waals surface area contributed by atoms with E-state index in [4.69, 9.17) is 28.4 Å². The zero-order valence-electron chi connectivity index (χ0n) is 15.8. The molecule has 1 N–H and O–H groups in total. The van der Waals surface area contributed by atoms with Gasteiger partial charge < -0.3 is 28.4 Å². The van der Waals surface area contributed by atoms with E-state index in [0.717, 1.165) is 14.2 Å². The number of carbonyl (C=O) groups is 2. The van der Waals surface area contributed by atoms with Gasteiger partial charge in [0.15, 0.2) is 18.1 Å². The van der Waals surface area contributed by atoms with Gasteiger partial charge in [0.25, 0.3) is 0 Å². The standard InChI is InChI=1S/C17H23O9P/c1-11(2)26-17(20)15(27(21,23-4)24-5)9-12-6-7-13(14(8-12)22-3)25-10-16(18)19/h6-9,11H,10H2,1-5H3,(H,18,19)/b15-9-. The summed E-state index contributed by atoms with van der Waals surface area (Å²) in [7, 11) is -0.205. The van der Waals surface area contributed by atoms with Crippen LogP contribution in [0.5, 0.6) is 11.5 Å². The molecule has 0 bridgehead atoms. The van der Waals surface area contributed by atoms with Crippen LogP contribution in [0.15, 0.2) is 23.5 Å². The van der Waals surface area contributed by atoms with E-state index in [9.17, 15) is 14.2 Å². The van der Waals surface area contributed by atoms with Crippen LogP contribution < -0.4 is 9.47 Å². The zero-order chi connectivity index (χ0) is 20.6. The van der Waals surface area contributed by atoms with E-state index in [0.29, 0.717) is 5.56 Å². The molecular formula is C17H23O9P. The lowest BCUT2D eigenvalue weighted by atomic mass is 10.2. The molecule has 0 aliphatic carbocycles. The SMILES string of the molecule is COc1cc(/C=C(/C(=O)OC(C)C)P(=O)(OC)OC)ccc1OCC(=O)O. The summed E-state index contributed by atoms with van der Waals surface area (Å²) in [5.74, 6) is -1.56. The number of carboxylic acids is 1. The molecular weight excluding hydrogens is 379 g/mol. The fourth-order valence-corrected chi connectivity index (χ4v) is 3.11. The van der Waals surface area contributed by atoms with Gasteiger partial charge in [-0.1, -0.05) is 6.07 Å². The fraction of sp³-hybridized carbons (Fsp3) is 0.412. The normalized spacial score (nSPS) is 12.0. The summed E-state index contributed by atoms with van der Waals surface area (Å²) in [6, 6.07) is 4.47. The molecule has 0 heterocycles. The first kappa shape index (κ1) is 22.7. The predicted molar refractivity (Wildman–Crippen MR) is 97.0 cm³/mol. The lowest BCUT2D eigenvalue weighted by Gasteiger charge is -2.18. The van der Waals surface area contributed by atoms with Gasteiger partial charge in [-0.3, -0.25) is 4.57 Å². The Bertz CT molecular complexity index is 747. The summed E-state index contributed by atoms with van der Waals surface area (Å²) >= 11 is 0. The third-order valence-corrected chi connectivity index (χ3v) is 5.03. The molecule has 9 nitrogen and oxygen atoms in total. The number of ether oxygens (including phenoxy) is 3. The van der Waals surface area contributed by atoms with Gasteiger partial charge in [-0.15, -0.1) is 0 Å². The molecule has 0 radical (unpaired) electrons. The van der Waals surface area contributed by atoms with E-state index >= 15 is 0 Å². The molecule has 0 atom stereocenters. The largest absolute Gasteiger partial charge is 0.493 e. The van der Waals surface area contributed by atoms with Crippen molar-refractivity contribution in [2.24, 2.45) is 0 Å². The number of rotatable bonds is 10. The number of aliphatic carboxylic acids is 1. The summed E-state index contributed by atoms with van der Waals surface area (Å²) < 4.78 is 38.0. The van der Waals surface area contributed by atoms with Crippen LogP contribution in [-0.4, -0.2) is 51.1 Å². The molecule has 1 rings (SSSR count). The average molecular weight is 402 g/mol. The third-order valence-electron chi connectivity index (χ3n) is 3.17. The van der Waals surface area contributed by atoms with Gasteiger partial charge in [-0.05, 0) is 37.6 Å². The second-order valence-electron chi connectivity index (χ2n) is 5.44. The highest BCUT2D eigenvalue weighted by Crippen LogP contribution is 2.55. The number of esters is 1. The van der Waals surface area contributed by atoms with Crippen molar-refractivity contribution in [3.63, 3.8) is 0 Å². The average Bonchev–Trinajstić information content (AvgIpc) is 2.63. The monoisotopic (exact) mass is 402 g/mol. The molecule has 0 unspecified atom stereocenters. The van der Waals surface area contributed by atoms with E-state index in [1.54, 1.807) is 13.8 Å². The van der Waals surface area contributed by atoms with Gasteiger partial charge >= 0.3 is 19.5 Å². The highest BCUT2D eigenvalue weighted by molar-refractivity contribution is 7.60. The number of methoxy groups -OCH3 is 1. The minimum absolute atomic E-state index is 0.199. The first-order valence-electron chi connectivity index (χ1n) is 7.84. The van der Waals surface area contributed by atoms with E-state index in [-0.39, 0.29) is 16.8 Å². The molecule has 1 aromatic rings. The second-order valence-corrected chi connectivity index (χ2v) is 7.65. The second kappa shape index (κ2) is 10.1. The van der Waals surface area contributed by atoms with Gasteiger partial charge in [0.2, 0.25) is 0 Å². The molecule has 10 heteroatoms. The molecule has 0 aromatic heterocycles. The van der Waals surface area contributed by atoms with Crippen LogP contribution in [0.4, 0.5) is 0 Å². The summed E-state index contributed by atoms with van der Waals surface area (Å²) in [6.07, 6.45) is 0.853. The lowest BCUT2D eigenvalue weighted by molar-refractivity contribution is -0.142. The Balaban J connectivity index is 3.35. The molecule has 27 heavy (non-hydrogen) atoms. The first-order valence-corrected chi connectivity index (χ1v) is 9.38. The summed E-state index contributed by atoms with van der Waals surface area (Å²) in [6.45, 7) is 2.76. The minimum atomic E-state index is -3.89. The molecule has 0 spiro atoms. The number of carbonyl (C=O) groups excluding carboxylic acids is 1. The molecule has 0 saturated carbocycles. The Labute approximate surface area is 157 Å². The van der Waals surface area contributed by atoms with E-state index in [2.05, 4.69) is 0 Å².